The maximum atomic E-state index is 6.58. The second kappa shape index (κ2) is 8.80. The Morgan fingerprint density at radius 1 is 1.17 bits per heavy atom. The molecule has 29 heavy (non-hydrogen) atoms. The zero-order valence-corrected chi connectivity index (χ0v) is 20.7. The molecule has 3 atom stereocenters. The number of thioether (sulfide) groups is 1. The summed E-state index contributed by atoms with van der Waals surface area (Å²) in [6.45, 7) is 16.1. The Bertz CT molecular complexity index is 715. The number of hydrogen-bond donors (Lipinski definition) is 1. The van der Waals surface area contributed by atoms with Crippen LogP contribution in [0.1, 0.15) is 77.5 Å². The first kappa shape index (κ1) is 23.0. The highest BCUT2D eigenvalue weighted by Gasteiger charge is 2.47. The number of nitrogens with zero attached hydrogens (tertiary/aromatic N) is 1. The molecule has 1 aromatic rings. The van der Waals surface area contributed by atoms with Crippen LogP contribution in [0.25, 0.3) is 0 Å². The standard InChI is InChI=1S/C25H42N2OS/c1-9-10-19(29-8)16-26-15-17(2)22-12-11-18-13-20-21(14-23(18)28-22)25(5,6)27(7)24(20,3)4/h13-14,17,19,22,26H,9-12,15-16H2,1-8H3. The lowest BCUT2D eigenvalue weighted by atomic mass is 9.86. The summed E-state index contributed by atoms with van der Waals surface area (Å²) in [5.74, 6) is 1.65. The molecule has 2 aliphatic heterocycles. The summed E-state index contributed by atoms with van der Waals surface area (Å²) in [6.07, 6.45) is 7.34. The molecule has 0 aromatic heterocycles. The molecule has 1 N–H and O–H groups in total. The molecule has 3 unspecified atom stereocenters. The molecule has 2 heterocycles. The van der Waals surface area contributed by atoms with Crippen molar-refractivity contribution in [1.29, 1.82) is 0 Å². The van der Waals surface area contributed by atoms with Crippen LogP contribution in [0.3, 0.4) is 0 Å². The van der Waals surface area contributed by atoms with Crippen molar-refractivity contribution in [2.45, 2.75) is 89.7 Å². The highest BCUT2D eigenvalue weighted by atomic mass is 32.2. The van der Waals surface area contributed by atoms with Gasteiger partial charge in [-0.15, -0.1) is 0 Å². The first-order valence-electron chi connectivity index (χ1n) is 11.4. The summed E-state index contributed by atoms with van der Waals surface area (Å²) in [5, 5.41) is 4.43. The number of fused-ring (bicyclic) bond motifs is 2. The molecule has 0 spiro atoms. The van der Waals surface area contributed by atoms with Gasteiger partial charge in [0.2, 0.25) is 0 Å². The second-order valence-corrected chi connectivity index (χ2v) is 11.3. The topological polar surface area (TPSA) is 24.5 Å². The molecule has 0 amide bonds. The van der Waals surface area contributed by atoms with Crippen LogP contribution in [0, 0.1) is 5.92 Å². The predicted octanol–water partition coefficient (Wildman–Crippen LogP) is 5.55. The van der Waals surface area contributed by atoms with Crippen LogP contribution in [0.15, 0.2) is 12.1 Å². The van der Waals surface area contributed by atoms with Gasteiger partial charge in [0.05, 0.1) is 0 Å². The van der Waals surface area contributed by atoms with Gasteiger partial charge in [0.15, 0.2) is 0 Å². The quantitative estimate of drug-likeness (QED) is 0.598. The van der Waals surface area contributed by atoms with E-state index in [0.717, 1.165) is 36.9 Å². The summed E-state index contributed by atoms with van der Waals surface area (Å²) in [4.78, 5) is 2.50. The number of benzene rings is 1. The molecule has 3 nitrogen and oxygen atoms in total. The van der Waals surface area contributed by atoms with Crippen molar-refractivity contribution >= 4 is 11.8 Å². The largest absolute Gasteiger partial charge is 0.490 e. The van der Waals surface area contributed by atoms with E-state index in [1.807, 2.05) is 11.8 Å². The minimum absolute atomic E-state index is 0.0312. The van der Waals surface area contributed by atoms with E-state index in [-0.39, 0.29) is 11.1 Å². The van der Waals surface area contributed by atoms with Crippen LogP contribution in [0.5, 0.6) is 5.75 Å². The summed E-state index contributed by atoms with van der Waals surface area (Å²) in [5.41, 5.74) is 4.39. The van der Waals surface area contributed by atoms with Crippen LogP contribution in [-0.2, 0) is 17.5 Å². The van der Waals surface area contributed by atoms with E-state index >= 15 is 0 Å². The van der Waals surface area contributed by atoms with Crippen LogP contribution in [-0.4, -0.2) is 42.6 Å². The van der Waals surface area contributed by atoms with Crippen molar-refractivity contribution in [2.24, 2.45) is 5.92 Å². The third kappa shape index (κ3) is 4.36. The molecule has 0 bridgehead atoms. The molecule has 1 aromatic carbocycles. The van der Waals surface area contributed by atoms with Crippen molar-refractivity contribution in [2.75, 3.05) is 26.4 Å². The van der Waals surface area contributed by atoms with Gasteiger partial charge >= 0.3 is 0 Å². The Morgan fingerprint density at radius 2 is 1.83 bits per heavy atom. The molecule has 0 radical (unpaired) electrons. The lowest BCUT2D eigenvalue weighted by Crippen LogP contribution is -2.42. The van der Waals surface area contributed by atoms with Gasteiger partial charge in [0.25, 0.3) is 0 Å². The Balaban J connectivity index is 1.68. The van der Waals surface area contributed by atoms with Gasteiger partial charge in [0, 0.05) is 35.3 Å². The fourth-order valence-electron chi connectivity index (χ4n) is 5.15. The minimum atomic E-state index is 0.0312. The minimum Gasteiger partial charge on any atom is -0.490 e. The Kier molecular flexibility index (Phi) is 6.97. The molecule has 0 fully saturated rings. The van der Waals surface area contributed by atoms with Crippen LogP contribution < -0.4 is 10.1 Å². The molecule has 2 aliphatic rings. The summed E-state index contributed by atoms with van der Waals surface area (Å²) < 4.78 is 6.58. The molecule has 0 saturated heterocycles. The first-order chi connectivity index (χ1) is 13.6. The van der Waals surface area contributed by atoms with E-state index in [2.05, 4.69) is 77.2 Å². The van der Waals surface area contributed by atoms with Crippen molar-refractivity contribution in [3.05, 3.63) is 28.8 Å². The molecule has 0 saturated carbocycles. The van der Waals surface area contributed by atoms with E-state index in [9.17, 15) is 0 Å². The van der Waals surface area contributed by atoms with E-state index in [1.165, 1.54) is 29.5 Å². The van der Waals surface area contributed by atoms with Gasteiger partial charge in [-0.25, -0.2) is 0 Å². The fourth-order valence-corrected chi connectivity index (χ4v) is 5.91. The van der Waals surface area contributed by atoms with Gasteiger partial charge in [-0.05, 0) is 89.1 Å². The molecule has 164 valence electrons. The summed E-state index contributed by atoms with van der Waals surface area (Å²) >= 11 is 1.99. The van der Waals surface area contributed by atoms with Gasteiger partial charge in [-0.3, -0.25) is 4.90 Å². The third-order valence-corrected chi connectivity index (χ3v) is 8.66. The average molecular weight is 419 g/mol. The van der Waals surface area contributed by atoms with Crippen LogP contribution in [0.2, 0.25) is 0 Å². The molecule has 0 aliphatic carbocycles. The maximum Gasteiger partial charge on any atom is 0.123 e. The van der Waals surface area contributed by atoms with Gasteiger partial charge in [-0.2, -0.15) is 11.8 Å². The lowest BCUT2D eigenvalue weighted by molar-refractivity contribution is 0.0729. The van der Waals surface area contributed by atoms with E-state index in [0.29, 0.717) is 12.0 Å². The molecular formula is C25H42N2OS. The van der Waals surface area contributed by atoms with Gasteiger partial charge in [-0.1, -0.05) is 20.3 Å². The Morgan fingerprint density at radius 3 is 2.45 bits per heavy atom. The van der Waals surface area contributed by atoms with Crippen molar-refractivity contribution in [3.8, 4) is 5.75 Å². The van der Waals surface area contributed by atoms with Crippen molar-refractivity contribution in [3.63, 3.8) is 0 Å². The van der Waals surface area contributed by atoms with Gasteiger partial charge in [0.1, 0.15) is 11.9 Å². The molecular weight excluding hydrogens is 376 g/mol. The highest BCUT2D eigenvalue weighted by Crippen LogP contribution is 2.50. The zero-order valence-electron chi connectivity index (χ0n) is 19.9. The van der Waals surface area contributed by atoms with E-state index in [1.54, 1.807) is 0 Å². The number of rotatable bonds is 8. The van der Waals surface area contributed by atoms with Crippen molar-refractivity contribution in [1.82, 2.24) is 10.2 Å². The van der Waals surface area contributed by atoms with Crippen molar-refractivity contribution < 1.29 is 4.74 Å². The van der Waals surface area contributed by atoms with E-state index < -0.39 is 0 Å². The number of nitrogens with one attached hydrogen (secondary N) is 1. The van der Waals surface area contributed by atoms with Crippen LogP contribution in [0.4, 0.5) is 0 Å². The third-order valence-electron chi connectivity index (χ3n) is 7.59. The normalized spacial score (nSPS) is 24.5. The van der Waals surface area contributed by atoms with E-state index in [4.69, 9.17) is 4.74 Å². The number of hydrogen-bond acceptors (Lipinski definition) is 4. The molecule has 4 heteroatoms. The second-order valence-electron chi connectivity index (χ2n) is 10.2. The van der Waals surface area contributed by atoms with Crippen LogP contribution >= 0.6 is 11.8 Å². The predicted molar refractivity (Wildman–Crippen MR) is 127 cm³/mol. The molecule has 3 rings (SSSR count). The van der Waals surface area contributed by atoms with Gasteiger partial charge < -0.3 is 10.1 Å². The number of ether oxygens (including phenoxy) is 1. The average Bonchev–Trinajstić information content (AvgIpc) is 2.82. The summed E-state index contributed by atoms with van der Waals surface area (Å²) in [6, 6.07) is 4.79. The fraction of sp³-hybridized carbons (Fsp3) is 0.760. The zero-order chi connectivity index (χ0) is 21.4. The summed E-state index contributed by atoms with van der Waals surface area (Å²) in [7, 11) is 2.25. The smallest absolute Gasteiger partial charge is 0.123 e. The SMILES string of the molecule is CCCC(CNCC(C)C1CCc2cc3c(cc2O1)C(C)(C)N(C)C3(C)C)SC. The maximum absolute atomic E-state index is 6.58. The Hall–Kier alpha value is -0.710. The first-order valence-corrected chi connectivity index (χ1v) is 12.7. The number of aryl methyl sites for hydroxylation is 1. The Labute approximate surface area is 183 Å². The lowest BCUT2D eigenvalue weighted by Gasteiger charge is -2.37. The highest BCUT2D eigenvalue weighted by molar-refractivity contribution is 7.99. The monoisotopic (exact) mass is 418 g/mol.